The molecule has 3 rings (SSSR count). The number of thioether (sulfide) groups is 1. The Hall–Kier alpha value is -2.31. The molecule has 4 nitrogen and oxygen atoms in total. The number of carbonyl (C=O) groups is 1. The molecule has 1 aliphatic rings. The lowest BCUT2D eigenvalue weighted by atomic mass is 10.2. The number of amides is 1. The topological polar surface area (TPSA) is 38.8 Å². The summed E-state index contributed by atoms with van der Waals surface area (Å²) in [4.78, 5) is 14.2. The fourth-order valence-corrected chi connectivity index (χ4v) is 3.83. The number of hydrogen-bond acceptors (Lipinski definition) is 5. The molecule has 0 atom stereocenters. The summed E-state index contributed by atoms with van der Waals surface area (Å²) >= 11 is 6.48. The second kappa shape index (κ2) is 9.75. The number of likely N-dealkylation sites (N-methyl/N-ethyl adjacent to an activating group) is 1. The first-order valence-electron chi connectivity index (χ1n) is 9.23. The first-order chi connectivity index (χ1) is 13.6. The van der Waals surface area contributed by atoms with Crippen molar-refractivity contribution in [3.8, 4) is 11.5 Å². The minimum atomic E-state index is -0.0644. The fourth-order valence-electron chi connectivity index (χ4n) is 2.65. The minimum absolute atomic E-state index is 0.0644. The van der Waals surface area contributed by atoms with E-state index in [1.54, 1.807) is 7.05 Å². The van der Waals surface area contributed by atoms with Crippen LogP contribution in [0.2, 0.25) is 0 Å². The van der Waals surface area contributed by atoms with Crippen LogP contribution in [0.1, 0.15) is 24.5 Å². The summed E-state index contributed by atoms with van der Waals surface area (Å²) in [5.41, 5.74) is 2.22. The normalized spacial score (nSPS) is 15.4. The number of ether oxygens (including phenoxy) is 2. The van der Waals surface area contributed by atoms with Crippen LogP contribution >= 0.6 is 24.0 Å². The van der Waals surface area contributed by atoms with Crippen molar-refractivity contribution >= 4 is 40.3 Å². The van der Waals surface area contributed by atoms with E-state index in [9.17, 15) is 4.79 Å². The number of nitrogens with zero attached hydrogens (tertiary/aromatic N) is 1. The highest BCUT2D eigenvalue weighted by molar-refractivity contribution is 8.26. The number of rotatable bonds is 8. The quantitative estimate of drug-likeness (QED) is 0.349. The number of aryl methyl sites for hydroxylation is 1. The van der Waals surface area contributed by atoms with Crippen molar-refractivity contribution in [2.24, 2.45) is 0 Å². The number of thiocarbonyl (C=S) groups is 1. The van der Waals surface area contributed by atoms with Crippen LogP contribution in [0.3, 0.4) is 0 Å². The van der Waals surface area contributed by atoms with E-state index in [0.29, 0.717) is 22.4 Å². The molecule has 0 spiro atoms. The summed E-state index contributed by atoms with van der Waals surface area (Å²) in [6, 6.07) is 15.9. The van der Waals surface area contributed by atoms with Crippen LogP contribution in [0, 0.1) is 0 Å². The van der Waals surface area contributed by atoms with Gasteiger partial charge in [0.1, 0.15) is 15.8 Å². The van der Waals surface area contributed by atoms with Gasteiger partial charge in [-0.25, -0.2) is 0 Å². The average Bonchev–Trinajstić information content (AvgIpc) is 2.95. The van der Waals surface area contributed by atoms with Crippen LogP contribution in [-0.4, -0.2) is 35.4 Å². The van der Waals surface area contributed by atoms with Gasteiger partial charge in [0.25, 0.3) is 5.91 Å². The van der Waals surface area contributed by atoms with E-state index in [1.807, 2.05) is 42.5 Å². The maximum absolute atomic E-state index is 12.1. The second-order valence-electron chi connectivity index (χ2n) is 6.36. The Kier molecular flexibility index (Phi) is 7.12. The Morgan fingerprint density at radius 2 is 1.79 bits per heavy atom. The highest BCUT2D eigenvalue weighted by Gasteiger charge is 2.28. The number of hydrogen-bond donors (Lipinski definition) is 0. The third-order valence-corrected chi connectivity index (χ3v) is 5.78. The molecular weight excluding hydrogens is 390 g/mol. The van der Waals surface area contributed by atoms with Gasteiger partial charge in [-0.15, -0.1) is 0 Å². The van der Waals surface area contributed by atoms with Gasteiger partial charge >= 0.3 is 0 Å². The van der Waals surface area contributed by atoms with Crippen molar-refractivity contribution in [3.63, 3.8) is 0 Å². The van der Waals surface area contributed by atoms with Crippen molar-refractivity contribution in [2.75, 3.05) is 20.3 Å². The maximum Gasteiger partial charge on any atom is 0.265 e. The lowest BCUT2D eigenvalue weighted by Gasteiger charge is -2.09. The summed E-state index contributed by atoms with van der Waals surface area (Å²) in [6.45, 7) is 3.30. The van der Waals surface area contributed by atoms with Crippen molar-refractivity contribution in [1.82, 2.24) is 4.90 Å². The zero-order valence-corrected chi connectivity index (χ0v) is 17.6. The Labute approximate surface area is 175 Å². The van der Waals surface area contributed by atoms with Gasteiger partial charge in [-0.1, -0.05) is 55.2 Å². The van der Waals surface area contributed by atoms with Gasteiger partial charge in [0.15, 0.2) is 0 Å². The standard InChI is InChI=1S/C22H23NO3S2/c1-3-16-8-10-18(11-9-16)25-12-5-13-26-19-7-4-6-17(14-19)15-20-21(24)23(2)22(27)28-20/h4,6-11,14-15H,3,5,12-13H2,1-2H3. The molecule has 0 aromatic heterocycles. The third kappa shape index (κ3) is 5.36. The summed E-state index contributed by atoms with van der Waals surface area (Å²) in [5, 5.41) is 0. The highest BCUT2D eigenvalue weighted by Crippen LogP contribution is 2.31. The predicted molar refractivity (Wildman–Crippen MR) is 119 cm³/mol. The Balaban J connectivity index is 1.47. The molecule has 0 radical (unpaired) electrons. The SMILES string of the molecule is CCc1ccc(OCCCOc2cccc(C=C3SC(=S)N(C)C3=O)c2)cc1. The molecule has 146 valence electrons. The molecule has 6 heteroatoms. The van der Waals surface area contributed by atoms with Crippen LogP contribution in [0.25, 0.3) is 6.08 Å². The molecule has 0 N–H and O–H groups in total. The summed E-state index contributed by atoms with van der Waals surface area (Å²) in [7, 11) is 1.69. The lowest BCUT2D eigenvalue weighted by Crippen LogP contribution is -2.22. The van der Waals surface area contributed by atoms with Crippen molar-refractivity contribution in [2.45, 2.75) is 19.8 Å². The van der Waals surface area contributed by atoms with E-state index in [1.165, 1.54) is 22.2 Å². The first kappa shape index (κ1) is 20.4. The molecule has 1 fully saturated rings. The first-order valence-corrected chi connectivity index (χ1v) is 10.5. The largest absolute Gasteiger partial charge is 0.493 e. The minimum Gasteiger partial charge on any atom is -0.493 e. The van der Waals surface area contributed by atoms with E-state index in [2.05, 4.69) is 19.1 Å². The monoisotopic (exact) mass is 413 g/mol. The second-order valence-corrected chi connectivity index (χ2v) is 8.04. The summed E-state index contributed by atoms with van der Waals surface area (Å²) < 4.78 is 12.1. The van der Waals surface area contributed by atoms with Crippen LogP contribution in [0.4, 0.5) is 0 Å². The molecule has 2 aromatic carbocycles. The van der Waals surface area contributed by atoms with Crippen LogP contribution < -0.4 is 9.47 Å². The van der Waals surface area contributed by atoms with Gasteiger partial charge < -0.3 is 9.47 Å². The highest BCUT2D eigenvalue weighted by atomic mass is 32.2. The van der Waals surface area contributed by atoms with Crippen LogP contribution in [0.15, 0.2) is 53.4 Å². The molecule has 1 amide bonds. The Morgan fingerprint density at radius 1 is 1.07 bits per heavy atom. The van der Waals surface area contributed by atoms with Crippen LogP contribution in [0.5, 0.6) is 11.5 Å². The lowest BCUT2D eigenvalue weighted by molar-refractivity contribution is -0.121. The zero-order valence-electron chi connectivity index (χ0n) is 16.0. The van der Waals surface area contributed by atoms with Gasteiger partial charge in [0.2, 0.25) is 0 Å². The maximum atomic E-state index is 12.1. The third-order valence-electron chi connectivity index (χ3n) is 4.30. The van der Waals surface area contributed by atoms with E-state index in [0.717, 1.165) is 29.9 Å². The molecular formula is C22H23NO3S2. The van der Waals surface area contributed by atoms with Gasteiger partial charge in [-0.2, -0.15) is 0 Å². The Bertz CT molecular complexity index is 878. The molecule has 0 aliphatic carbocycles. The van der Waals surface area contributed by atoms with Crippen molar-refractivity contribution in [3.05, 3.63) is 64.6 Å². The fraction of sp³-hybridized carbons (Fsp3) is 0.273. The van der Waals surface area contributed by atoms with E-state index < -0.39 is 0 Å². The van der Waals surface area contributed by atoms with E-state index >= 15 is 0 Å². The summed E-state index contributed by atoms with van der Waals surface area (Å²) in [5.74, 6) is 1.59. The molecule has 2 aromatic rings. The molecule has 1 aliphatic heterocycles. The van der Waals surface area contributed by atoms with Gasteiger partial charge in [-0.3, -0.25) is 9.69 Å². The number of benzene rings is 2. The molecule has 0 saturated carbocycles. The van der Waals surface area contributed by atoms with Gasteiger partial charge in [-0.05, 0) is 47.9 Å². The smallest absolute Gasteiger partial charge is 0.265 e. The summed E-state index contributed by atoms with van der Waals surface area (Å²) in [6.07, 6.45) is 3.66. The van der Waals surface area contributed by atoms with Gasteiger partial charge in [0.05, 0.1) is 18.1 Å². The molecule has 0 bridgehead atoms. The molecule has 1 heterocycles. The van der Waals surface area contributed by atoms with Crippen molar-refractivity contribution in [1.29, 1.82) is 0 Å². The van der Waals surface area contributed by atoms with Gasteiger partial charge in [0, 0.05) is 13.5 Å². The molecule has 1 saturated heterocycles. The average molecular weight is 414 g/mol. The van der Waals surface area contributed by atoms with Crippen LogP contribution in [-0.2, 0) is 11.2 Å². The molecule has 0 unspecified atom stereocenters. The Morgan fingerprint density at radius 3 is 2.43 bits per heavy atom. The van der Waals surface area contributed by atoms with E-state index in [4.69, 9.17) is 21.7 Å². The number of carbonyl (C=O) groups excluding carboxylic acids is 1. The molecule has 28 heavy (non-hydrogen) atoms. The van der Waals surface area contributed by atoms with Crippen molar-refractivity contribution < 1.29 is 14.3 Å². The van der Waals surface area contributed by atoms with E-state index in [-0.39, 0.29) is 5.91 Å². The zero-order chi connectivity index (χ0) is 19.9. The predicted octanol–water partition coefficient (Wildman–Crippen LogP) is 4.93.